The first-order valence-corrected chi connectivity index (χ1v) is 5.78. The van der Waals surface area contributed by atoms with E-state index in [2.05, 4.69) is 37.2 Å². The Morgan fingerprint density at radius 3 is 2.93 bits per heavy atom. The Hall–Kier alpha value is -0.890. The highest BCUT2D eigenvalue weighted by molar-refractivity contribution is 6.32. The normalized spacial score (nSPS) is 19.7. The van der Waals surface area contributed by atoms with Crippen LogP contribution >= 0.6 is 11.6 Å². The summed E-state index contributed by atoms with van der Waals surface area (Å²) in [5.74, 6) is 0. The molecule has 2 nitrogen and oxygen atoms in total. The summed E-state index contributed by atoms with van der Waals surface area (Å²) in [5.41, 5.74) is 3.60. The van der Waals surface area contributed by atoms with Gasteiger partial charge in [-0.25, -0.2) is 0 Å². The summed E-state index contributed by atoms with van der Waals surface area (Å²) in [6.45, 7) is 5.28. The van der Waals surface area contributed by atoms with Gasteiger partial charge in [-0.3, -0.25) is 0 Å². The summed E-state index contributed by atoms with van der Waals surface area (Å²) in [5, 5.41) is 4.31. The van der Waals surface area contributed by atoms with Crippen LogP contribution in [-0.2, 0) is 0 Å². The van der Waals surface area contributed by atoms with E-state index in [1.54, 1.807) is 0 Å². The number of hydrogen-bond acceptors (Lipinski definition) is 2. The molecule has 1 aliphatic rings. The average Bonchev–Trinajstić information content (AvgIpc) is 2.24. The fourth-order valence-corrected chi connectivity index (χ4v) is 2.32. The van der Waals surface area contributed by atoms with Crippen molar-refractivity contribution in [2.24, 2.45) is 0 Å². The van der Waals surface area contributed by atoms with Crippen molar-refractivity contribution in [1.82, 2.24) is 0 Å². The minimum absolute atomic E-state index is 0.582. The second-order valence-electron chi connectivity index (χ2n) is 4.12. The van der Waals surface area contributed by atoms with Crippen LogP contribution in [0.4, 0.5) is 11.4 Å². The van der Waals surface area contributed by atoms with E-state index in [1.807, 2.05) is 6.07 Å². The van der Waals surface area contributed by atoms with E-state index in [-0.39, 0.29) is 0 Å². The molecule has 1 unspecified atom stereocenters. The molecule has 0 radical (unpaired) electrons. The number of fused-ring (bicyclic) bond motifs is 1. The number of nitrogens with zero attached hydrogens (tertiary/aromatic N) is 1. The van der Waals surface area contributed by atoms with Gasteiger partial charge in [0, 0.05) is 24.7 Å². The minimum atomic E-state index is 0.582. The zero-order valence-corrected chi connectivity index (χ0v) is 10.2. The van der Waals surface area contributed by atoms with E-state index in [9.17, 15) is 0 Å². The molecule has 82 valence electrons. The molecule has 0 fully saturated rings. The van der Waals surface area contributed by atoms with Crippen LogP contribution in [0.5, 0.6) is 0 Å². The molecular formula is C12H17ClN2. The highest BCUT2D eigenvalue weighted by atomic mass is 35.5. The predicted octanol–water partition coefficient (Wildman–Crippen LogP) is 3.29. The fourth-order valence-electron chi connectivity index (χ4n) is 2.16. The molecular weight excluding hydrogens is 208 g/mol. The van der Waals surface area contributed by atoms with Crippen molar-refractivity contribution in [3.8, 4) is 0 Å². The Morgan fingerprint density at radius 1 is 1.53 bits per heavy atom. The van der Waals surface area contributed by atoms with Crippen molar-refractivity contribution in [1.29, 1.82) is 0 Å². The van der Waals surface area contributed by atoms with Gasteiger partial charge in [0.25, 0.3) is 0 Å². The van der Waals surface area contributed by atoms with E-state index >= 15 is 0 Å². The fraction of sp³-hybridized carbons (Fsp3) is 0.500. The third-order valence-corrected chi connectivity index (χ3v) is 3.70. The quantitative estimate of drug-likeness (QED) is 0.788. The Kier molecular flexibility index (Phi) is 2.79. The standard InChI is InChI=1S/C12H17ClN2/c1-4-9-7-14-12-8(2)10(13)5-6-11(12)15(9)3/h5-6,9,14H,4,7H2,1-3H3. The van der Waals surface area contributed by atoms with Crippen LogP contribution in [0.1, 0.15) is 18.9 Å². The van der Waals surface area contributed by atoms with Crippen molar-refractivity contribution in [3.05, 3.63) is 22.7 Å². The molecule has 0 amide bonds. The van der Waals surface area contributed by atoms with Crippen LogP contribution in [0.3, 0.4) is 0 Å². The highest BCUT2D eigenvalue weighted by Gasteiger charge is 2.23. The first-order valence-electron chi connectivity index (χ1n) is 5.41. The molecule has 0 saturated carbocycles. The van der Waals surface area contributed by atoms with Crippen LogP contribution < -0.4 is 10.2 Å². The summed E-state index contributed by atoms with van der Waals surface area (Å²) in [4.78, 5) is 2.34. The molecule has 0 spiro atoms. The van der Waals surface area contributed by atoms with Gasteiger partial charge in [0.15, 0.2) is 0 Å². The highest BCUT2D eigenvalue weighted by Crippen LogP contribution is 2.37. The summed E-state index contributed by atoms with van der Waals surface area (Å²) >= 11 is 6.11. The second-order valence-corrected chi connectivity index (χ2v) is 4.53. The SMILES string of the molecule is CCC1CNc2c(ccc(Cl)c2C)N1C. The second kappa shape index (κ2) is 3.93. The number of halogens is 1. The smallest absolute Gasteiger partial charge is 0.0623 e. The lowest BCUT2D eigenvalue weighted by atomic mass is 10.0. The number of anilines is 2. The lowest BCUT2D eigenvalue weighted by Crippen LogP contribution is -2.41. The van der Waals surface area contributed by atoms with E-state index in [0.29, 0.717) is 6.04 Å². The van der Waals surface area contributed by atoms with Gasteiger partial charge in [0.05, 0.1) is 11.4 Å². The lowest BCUT2D eigenvalue weighted by Gasteiger charge is -2.37. The van der Waals surface area contributed by atoms with Gasteiger partial charge in [0.2, 0.25) is 0 Å². The molecule has 1 aromatic carbocycles. The van der Waals surface area contributed by atoms with Crippen molar-refractivity contribution < 1.29 is 0 Å². The number of hydrogen-bond donors (Lipinski definition) is 1. The molecule has 0 bridgehead atoms. The molecule has 0 aromatic heterocycles. The van der Waals surface area contributed by atoms with Crippen molar-refractivity contribution in [2.75, 3.05) is 23.8 Å². The lowest BCUT2D eigenvalue weighted by molar-refractivity contribution is 0.622. The van der Waals surface area contributed by atoms with Gasteiger partial charge in [-0.05, 0) is 31.0 Å². The number of benzene rings is 1. The van der Waals surface area contributed by atoms with Crippen LogP contribution in [0.25, 0.3) is 0 Å². The van der Waals surface area contributed by atoms with Gasteiger partial charge in [-0.2, -0.15) is 0 Å². The van der Waals surface area contributed by atoms with Crippen LogP contribution in [0.15, 0.2) is 12.1 Å². The van der Waals surface area contributed by atoms with Crippen molar-refractivity contribution >= 4 is 23.0 Å². The molecule has 2 rings (SSSR count). The molecule has 0 aliphatic carbocycles. The largest absolute Gasteiger partial charge is 0.381 e. The van der Waals surface area contributed by atoms with Gasteiger partial charge in [0.1, 0.15) is 0 Å². The summed E-state index contributed by atoms with van der Waals surface area (Å²) in [7, 11) is 2.15. The number of likely N-dealkylation sites (N-methyl/N-ethyl adjacent to an activating group) is 1. The third-order valence-electron chi connectivity index (χ3n) is 3.29. The maximum atomic E-state index is 6.11. The average molecular weight is 225 g/mol. The van der Waals surface area contributed by atoms with Crippen molar-refractivity contribution in [2.45, 2.75) is 26.3 Å². The first kappa shape index (κ1) is 10.6. The Balaban J connectivity index is 2.45. The first-order chi connectivity index (χ1) is 7.15. The van der Waals surface area contributed by atoms with E-state index < -0.39 is 0 Å². The van der Waals surface area contributed by atoms with Crippen LogP contribution in [0.2, 0.25) is 5.02 Å². The Morgan fingerprint density at radius 2 is 2.27 bits per heavy atom. The number of rotatable bonds is 1. The Bertz CT molecular complexity index is 376. The molecule has 1 aliphatic heterocycles. The zero-order chi connectivity index (χ0) is 11.0. The van der Waals surface area contributed by atoms with Crippen LogP contribution in [-0.4, -0.2) is 19.6 Å². The van der Waals surface area contributed by atoms with Gasteiger partial charge < -0.3 is 10.2 Å². The molecule has 0 saturated heterocycles. The monoisotopic (exact) mass is 224 g/mol. The van der Waals surface area contributed by atoms with Gasteiger partial charge >= 0.3 is 0 Å². The van der Waals surface area contributed by atoms with E-state index in [4.69, 9.17) is 11.6 Å². The van der Waals surface area contributed by atoms with E-state index in [1.165, 1.54) is 11.4 Å². The molecule has 1 aromatic rings. The molecule has 1 heterocycles. The third kappa shape index (κ3) is 1.67. The minimum Gasteiger partial charge on any atom is -0.381 e. The summed E-state index contributed by atoms with van der Waals surface area (Å²) < 4.78 is 0. The summed E-state index contributed by atoms with van der Waals surface area (Å²) in [6.07, 6.45) is 1.16. The molecule has 15 heavy (non-hydrogen) atoms. The summed E-state index contributed by atoms with van der Waals surface area (Å²) in [6, 6.07) is 4.66. The molecule has 1 atom stereocenters. The predicted molar refractivity (Wildman–Crippen MR) is 67.2 cm³/mol. The maximum Gasteiger partial charge on any atom is 0.0623 e. The van der Waals surface area contributed by atoms with E-state index in [0.717, 1.165) is 23.6 Å². The molecule has 1 N–H and O–H groups in total. The molecule has 3 heteroatoms. The topological polar surface area (TPSA) is 15.3 Å². The zero-order valence-electron chi connectivity index (χ0n) is 9.47. The van der Waals surface area contributed by atoms with Crippen molar-refractivity contribution in [3.63, 3.8) is 0 Å². The van der Waals surface area contributed by atoms with Gasteiger partial charge in [-0.1, -0.05) is 18.5 Å². The van der Waals surface area contributed by atoms with Crippen LogP contribution in [0, 0.1) is 6.92 Å². The maximum absolute atomic E-state index is 6.11. The van der Waals surface area contributed by atoms with Gasteiger partial charge in [-0.15, -0.1) is 0 Å². The Labute approximate surface area is 96.2 Å². The number of nitrogens with one attached hydrogen (secondary N) is 1.